The molecule has 2 atom stereocenters. The Balaban J connectivity index is 0.00000264. The Labute approximate surface area is 148 Å². The van der Waals surface area contributed by atoms with Crippen LogP contribution in [0.1, 0.15) is 19.8 Å². The number of halogens is 1. The molecule has 1 saturated heterocycles. The quantitative estimate of drug-likeness (QED) is 0.778. The molecular weight excluding hydrogens is 358 g/mol. The third-order valence-electron chi connectivity index (χ3n) is 3.79. The summed E-state index contributed by atoms with van der Waals surface area (Å²) in [5.74, 6) is 0.282. The highest BCUT2D eigenvalue weighted by atomic mass is 35.5. The molecule has 2 rings (SSSR count). The third-order valence-corrected chi connectivity index (χ3v) is 6.72. The lowest BCUT2D eigenvalue weighted by atomic mass is 9.97. The summed E-state index contributed by atoms with van der Waals surface area (Å²) in [6.07, 6.45) is 2.06. The van der Waals surface area contributed by atoms with Gasteiger partial charge in [-0.15, -0.1) is 23.7 Å². The summed E-state index contributed by atoms with van der Waals surface area (Å²) in [5, 5.41) is 4.84. The molecule has 0 aliphatic carbocycles. The number of likely N-dealkylation sites (tertiary alicyclic amines) is 1. The van der Waals surface area contributed by atoms with Crippen molar-refractivity contribution in [2.45, 2.75) is 30.0 Å². The minimum Gasteiger partial charge on any atom is -0.341 e. The summed E-state index contributed by atoms with van der Waals surface area (Å²) in [6.45, 7) is 3.86. The maximum atomic E-state index is 12.5. The van der Waals surface area contributed by atoms with E-state index >= 15 is 0 Å². The Kier molecular flexibility index (Phi) is 7.96. The fourth-order valence-corrected chi connectivity index (χ4v) is 4.96. The zero-order valence-electron chi connectivity index (χ0n) is 13.3. The highest BCUT2D eigenvalue weighted by molar-refractivity contribution is 7.91. The van der Waals surface area contributed by atoms with E-state index in [0.717, 1.165) is 30.7 Å². The van der Waals surface area contributed by atoms with Gasteiger partial charge in [0, 0.05) is 13.1 Å². The first kappa shape index (κ1) is 20.4. The van der Waals surface area contributed by atoms with Gasteiger partial charge >= 0.3 is 0 Å². The van der Waals surface area contributed by atoms with E-state index in [1.54, 1.807) is 23.3 Å². The maximum absolute atomic E-state index is 12.5. The molecule has 0 bridgehead atoms. The topological polar surface area (TPSA) is 78.5 Å². The number of nitrogens with one attached hydrogen (secondary N) is 2. The number of thiophene rings is 1. The maximum Gasteiger partial charge on any atom is 0.250 e. The number of sulfonamides is 1. The zero-order chi connectivity index (χ0) is 16.2. The first-order valence-corrected chi connectivity index (χ1v) is 9.79. The molecule has 6 nitrogen and oxygen atoms in total. The molecule has 2 heterocycles. The molecule has 0 radical (unpaired) electrons. The van der Waals surface area contributed by atoms with E-state index < -0.39 is 16.1 Å². The molecule has 23 heavy (non-hydrogen) atoms. The van der Waals surface area contributed by atoms with Crippen LogP contribution in [-0.2, 0) is 14.8 Å². The van der Waals surface area contributed by atoms with E-state index in [1.165, 1.54) is 6.07 Å². The second-order valence-corrected chi connectivity index (χ2v) is 8.51. The fraction of sp³-hybridized carbons (Fsp3) is 0.643. The van der Waals surface area contributed by atoms with Crippen LogP contribution in [0, 0.1) is 5.92 Å². The van der Waals surface area contributed by atoms with Crippen molar-refractivity contribution in [3.8, 4) is 0 Å². The van der Waals surface area contributed by atoms with Gasteiger partial charge in [0.25, 0.3) is 10.0 Å². The normalized spacial score (nSPS) is 19.9. The second kappa shape index (κ2) is 8.98. The van der Waals surface area contributed by atoms with Gasteiger partial charge in [0.1, 0.15) is 4.21 Å². The predicted molar refractivity (Wildman–Crippen MR) is 94.6 cm³/mol. The van der Waals surface area contributed by atoms with Crippen molar-refractivity contribution in [1.29, 1.82) is 0 Å². The van der Waals surface area contributed by atoms with Crippen LogP contribution < -0.4 is 10.0 Å². The van der Waals surface area contributed by atoms with Gasteiger partial charge in [-0.25, -0.2) is 8.42 Å². The fourth-order valence-electron chi connectivity index (χ4n) is 2.75. The molecule has 0 aromatic carbocycles. The monoisotopic (exact) mass is 381 g/mol. The van der Waals surface area contributed by atoms with E-state index in [4.69, 9.17) is 0 Å². The zero-order valence-corrected chi connectivity index (χ0v) is 15.8. The first-order valence-electron chi connectivity index (χ1n) is 7.43. The Hall–Kier alpha value is -0.670. The van der Waals surface area contributed by atoms with Crippen molar-refractivity contribution in [1.82, 2.24) is 14.9 Å². The number of hydrogen-bond acceptors (Lipinski definition) is 5. The molecule has 132 valence electrons. The SMILES string of the molecule is CNCC1CCCN(C(=O)C(C)NS(=O)(=O)c2cccs2)C1.Cl. The smallest absolute Gasteiger partial charge is 0.250 e. The van der Waals surface area contributed by atoms with Crippen LogP contribution in [0.4, 0.5) is 0 Å². The molecule has 2 N–H and O–H groups in total. The number of amides is 1. The van der Waals surface area contributed by atoms with Gasteiger partial charge in [0.05, 0.1) is 6.04 Å². The van der Waals surface area contributed by atoms with E-state index in [-0.39, 0.29) is 22.5 Å². The standard InChI is InChI=1S/C14H23N3O3S2.ClH/c1-11(16-22(19,20)13-6-4-8-21-13)14(18)17-7-3-5-12(10-17)9-15-2;/h4,6,8,11-12,15-16H,3,5,7,9-10H2,1-2H3;1H. The van der Waals surface area contributed by atoms with Gasteiger partial charge in [-0.3, -0.25) is 4.79 Å². The number of hydrogen-bond donors (Lipinski definition) is 2. The van der Waals surface area contributed by atoms with Gasteiger partial charge in [-0.1, -0.05) is 6.07 Å². The summed E-state index contributed by atoms with van der Waals surface area (Å²) in [5.41, 5.74) is 0. The van der Waals surface area contributed by atoms with Crippen molar-refractivity contribution in [2.24, 2.45) is 5.92 Å². The molecule has 0 spiro atoms. The Morgan fingerprint density at radius 1 is 1.52 bits per heavy atom. The molecule has 1 aromatic rings. The van der Waals surface area contributed by atoms with Crippen molar-refractivity contribution in [2.75, 3.05) is 26.7 Å². The molecule has 1 fully saturated rings. The summed E-state index contributed by atoms with van der Waals surface area (Å²) in [7, 11) is -1.71. The second-order valence-electron chi connectivity index (χ2n) is 5.63. The van der Waals surface area contributed by atoms with Crippen LogP contribution in [0.15, 0.2) is 21.7 Å². The van der Waals surface area contributed by atoms with Crippen LogP contribution in [0.25, 0.3) is 0 Å². The van der Waals surface area contributed by atoms with E-state index in [2.05, 4.69) is 10.0 Å². The molecule has 2 unspecified atom stereocenters. The lowest BCUT2D eigenvalue weighted by Gasteiger charge is -2.34. The third kappa shape index (κ3) is 5.42. The Bertz CT molecular complexity index is 590. The summed E-state index contributed by atoms with van der Waals surface area (Å²) < 4.78 is 27.1. The molecule has 1 amide bonds. The average Bonchev–Trinajstić information content (AvgIpc) is 3.02. The van der Waals surface area contributed by atoms with Crippen molar-refractivity contribution in [3.63, 3.8) is 0 Å². The van der Waals surface area contributed by atoms with Gasteiger partial charge in [-0.2, -0.15) is 4.72 Å². The van der Waals surface area contributed by atoms with Crippen molar-refractivity contribution >= 4 is 39.7 Å². The molecular formula is C14H24ClN3O3S2. The summed E-state index contributed by atoms with van der Waals surface area (Å²) in [4.78, 5) is 14.2. The Morgan fingerprint density at radius 3 is 2.87 bits per heavy atom. The highest BCUT2D eigenvalue weighted by Crippen LogP contribution is 2.18. The van der Waals surface area contributed by atoms with Gasteiger partial charge in [0.15, 0.2) is 0 Å². The minimum atomic E-state index is -3.61. The van der Waals surface area contributed by atoms with Crippen LogP contribution in [0.3, 0.4) is 0 Å². The van der Waals surface area contributed by atoms with Crippen molar-refractivity contribution in [3.05, 3.63) is 17.5 Å². The molecule has 0 saturated carbocycles. The largest absolute Gasteiger partial charge is 0.341 e. The van der Waals surface area contributed by atoms with Crippen LogP contribution in [-0.4, -0.2) is 51.9 Å². The molecule has 1 aliphatic rings. The predicted octanol–water partition coefficient (Wildman–Crippen LogP) is 1.29. The molecule has 1 aromatic heterocycles. The van der Waals surface area contributed by atoms with E-state index in [0.29, 0.717) is 19.0 Å². The average molecular weight is 382 g/mol. The molecule has 1 aliphatic heterocycles. The number of rotatable bonds is 6. The van der Waals surface area contributed by atoms with Crippen LogP contribution in [0.5, 0.6) is 0 Å². The van der Waals surface area contributed by atoms with E-state index in [1.807, 2.05) is 7.05 Å². The minimum absolute atomic E-state index is 0. The highest BCUT2D eigenvalue weighted by Gasteiger charge is 2.29. The van der Waals surface area contributed by atoms with Crippen molar-refractivity contribution < 1.29 is 13.2 Å². The lowest BCUT2D eigenvalue weighted by Crippen LogP contribution is -2.50. The summed E-state index contributed by atoms with van der Waals surface area (Å²) in [6, 6.07) is 2.47. The molecule has 9 heteroatoms. The Morgan fingerprint density at radius 2 is 2.26 bits per heavy atom. The first-order chi connectivity index (χ1) is 10.4. The summed E-state index contributed by atoms with van der Waals surface area (Å²) >= 11 is 1.14. The van der Waals surface area contributed by atoms with Crippen LogP contribution >= 0.6 is 23.7 Å². The van der Waals surface area contributed by atoms with Gasteiger partial charge in [-0.05, 0) is 50.7 Å². The number of nitrogens with zero attached hydrogens (tertiary/aromatic N) is 1. The lowest BCUT2D eigenvalue weighted by molar-refractivity contribution is -0.134. The van der Waals surface area contributed by atoms with Gasteiger partial charge < -0.3 is 10.2 Å². The van der Waals surface area contributed by atoms with Crippen LogP contribution in [0.2, 0.25) is 0 Å². The number of piperidine rings is 1. The number of carbonyl (C=O) groups is 1. The van der Waals surface area contributed by atoms with E-state index in [9.17, 15) is 13.2 Å². The number of carbonyl (C=O) groups excluding carboxylic acids is 1. The van der Waals surface area contributed by atoms with Gasteiger partial charge in [0.2, 0.25) is 5.91 Å².